The molecule has 0 saturated heterocycles. The van der Waals surface area contributed by atoms with Gasteiger partial charge in [-0.15, -0.1) is 11.6 Å². The van der Waals surface area contributed by atoms with Gasteiger partial charge in [-0.3, -0.25) is 0 Å². The van der Waals surface area contributed by atoms with Crippen LogP contribution < -0.4 is 4.74 Å². The Morgan fingerprint density at radius 1 is 1.00 bits per heavy atom. The van der Waals surface area contributed by atoms with Crippen molar-refractivity contribution in [1.82, 2.24) is 0 Å². The minimum Gasteiger partial charge on any atom is -0.489 e. The van der Waals surface area contributed by atoms with E-state index >= 15 is 0 Å². The molecule has 0 fully saturated rings. The highest BCUT2D eigenvalue weighted by Crippen LogP contribution is 2.31. The Morgan fingerprint density at radius 2 is 1.74 bits per heavy atom. The van der Waals surface area contributed by atoms with Crippen molar-refractivity contribution < 1.29 is 4.74 Å². The summed E-state index contributed by atoms with van der Waals surface area (Å²) in [6.07, 6.45) is 0. The smallest absolute Gasteiger partial charge is 0.123 e. The molecule has 2 aromatic rings. The van der Waals surface area contributed by atoms with Crippen molar-refractivity contribution in [3.05, 3.63) is 63.7 Å². The Morgan fingerprint density at radius 3 is 2.35 bits per heavy atom. The minimum absolute atomic E-state index is 0.390. The molecule has 3 heteroatoms. The highest BCUT2D eigenvalue weighted by molar-refractivity contribution is 6.32. The number of ether oxygens (including phenoxy) is 1. The summed E-state index contributed by atoms with van der Waals surface area (Å²) >= 11 is 12.2. The molecule has 0 aliphatic rings. The fourth-order valence-corrected chi connectivity index (χ4v) is 3.20. The van der Waals surface area contributed by atoms with Gasteiger partial charge in [0.05, 0.1) is 0 Å². The molecular weight excluding hydrogens is 327 g/mol. The number of benzene rings is 2. The Bertz CT molecular complexity index is 663. The SMILES string of the molecule is CC(C)c1ccc(C(C)C)c(OCc2cccc(Cl)c2CCl)c1. The van der Waals surface area contributed by atoms with E-state index in [0.29, 0.717) is 29.3 Å². The van der Waals surface area contributed by atoms with Crippen molar-refractivity contribution in [3.8, 4) is 5.75 Å². The van der Waals surface area contributed by atoms with Crippen molar-refractivity contribution in [2.75, 3.05) is 0 Å². The molecule has 0 heterocycles. The molecule has 0 atom stereocenters. The van der Waals surface area contributed by atoms with Crippen LogP contribution in [0.25, 0.3) is 0 Å². The summed E-state index contributed by atoms with van der Waals surface area (Å²) in [7, 11) is 0. The van der Waals surface area contributed by atoms with Crippen LogP contribution in [0.2, 0.25) is 5.02 Å². The minimum atomic E-state index is 0.390. The van der Waals surface area contributed by atoms with Crippen molar-refractivity contribution >= 4 is 23.2 Å². The Labute approximate surface area is 149 Å². The van der Waals surface area contributed by atoms with Gasteiger partial charge in [0.15, 0.2) is 0 Å². The molecule has 2 aromatic carbocycles. The first-order valence-corrected chi connectivity index (χ1v) is 8.94. The molecule has 0 aliphatic heterocycles. The molecule has 0 unspecified atom stereocenters. The van der Waals surface area contributed by atoms with E-state index in [9.17, 15) is 0 Å². The standard InChI is InChI=1S/C20H24Cl2O/c1-13(2)15-8-9-17(14(3)4)20(10-15)23-12-16-6-5-7-19(22)18(16)11-21/h5-10,13-14H,11-12H2,1-4H3. The van der Waals surface area contributed by atoms with Gasteiger partial charge in [-0.1, -0.05) is 63.6 Å². The van der Waals surface area contributed by atoms with E-state index in [-0.39, 0.29) is 0 Å². The largest absolute Gasteiger partial charge is 0.489 e. The zero-order valence-electron chi connectivity index (χ0n) is 14.2. The van der Waals surface area contributed by atoms with E-state index in [4.69, 9.17) is 27.9 Å². The number of halogens is 2. The summed E-state index contributed by atoms with van der Waals surface area (Å²) in [5.74, 6) is 2.23. The van der Waals surface area contributed by atoms with Gasteiger partial charge in [-0.2, -0.15) is 0 Å². The van der Waals surface area contributed by atoms with Crippen LogP contribution in [0, 0.1) is 0 Å². The molecule has 0 aliphatic carbocycles. The zero-order chi connectivity index (χ0) is 17.0. The molecule has 0 spiro atoms. The zero-order valence-corrected chi connectivity index (χ0v) is 15.7. The Balaban J connectivity index is 2.29. The molecule has 0 radical (unpaired) electrons. The summed E-state index contributed by atoms with van der Waals surface area (Å²) in [6, 6.07) is 12.3. The van der Waals surface area contributed by atoms with Gasteiger partial charge in [-0.05, 0) is 46.2 Å². The van der Waals surface area contributed by atoms with E-state index in [1.807, 2.05) is 18.2 Å². The molecule has 1 nitrogen and oxygen atoms in total. The molecule has 0 bridgehead atoms. The monoisotopic (exact) mass is 350 g/mol. The van der Waals surface area contributed by atoms with Gasteiger partial charge in [0.2, 0.25) is 0 Å². The highest BCUT2D eigenvalue weighted by atomic mass is 35.5. The first-order chi connectivity index (χ1) is 10.9. The van der Waals surface area contributed by atoms with Gasteiger partial charge in [0.1, 0.15) is 12.4 Å². The number of alkyl halides is 1. The van der Waals surface area contributed by atoms with Gasteiger partial charge >= 0.3 is 0 Å². The van der Waals surface area contributed by atoms with E-state index in [1.165, 1.54) is 11.1 Å². The fraction of sp³-hybridized carbons (Fsp3) is 0.400. The van der Waals surface area contributed by atoms with Gasteiger partial charge < -0.3 is 4.74 Å². The maximum Gasteiger partial charge on any atom is 0.123 e. The van der Waals surface area contributed by atoms with Crippen LogP contribution >= 0.6 is 23.2 Å². The lowest BCUT2D eigenvalue weighted by molar-refractivity contribution is 0.300. The quantitative estimate of drug-likeness (QED) is 0.514. The second kappa shape index (κ2) is 8.08. The third-order valence-corrected chi connectivity index (χ3v) is 4.68. The lowest BCUT2D eigenvalue weighted by Crippen LogP contribution is -2.03. The lowest BCUT2D eigenvalue weighted by Gasteiger charge is -2.18. The summed E-state index contributed by atoms with van der Waals surface area (Å²) in [4.78, 5) is 0. The van der Waals surface area contributed by atoms with Crippen LogP contribution in [0.1, 0.15) is 61.8 Å². The van der Waals surface area contributed by atoms with Gasteiger partial charge in [0, 0.05) is 10.9 Å². The first kappa shape index (κ1) is 18.2. The van der Waals surface area contributed by atoms with Crippen LogP contribution in [-0.4, -0.2) is 0 Å². The Hall–Kier alpha value is -1.18. The van der Waals surface area contributed by atoms with E-state index in [1.54, 1.807) is 0 Å². The van der Waals surface area contributed by atoms with Crippen LogP contribution in [0.15, 0.2) is 36.4 Å². The lowest BCUT2D eigenvalue weighted by atomic mass is 9.96. The van der Waals surface area contributed by atoms with E-state index in [0.717, 1.165) is 16.9 Å². The summed E-state index contributed by atoms with van der Waals surface area (Å²) in [6.45, 7) is 9.22. The summed E-state index contributed by atoms with van der Waals surface area (Å²) < 4.78 is 6.16. The molecule has 0 aromatic heterocycles. The van der Waals surface area contributed by atoms with Gasteiger partial charge in [0.25, 0.3) is 0 Å². The molecule has 2 rings (SSSR count). The third-order valence-electron chi connectivity index (χ3n) is 4.06. The molecule has 124 valence electrons. The molecule has 0 amide bonds. The van der Waals surface area contributed by atoms with Crippen molar-refractivity contribution in [2.45, 2.75) is 52.0 Å². The molecule has 23 heavy (non-hydrogen) atoms. The molecule has 0 saturated carbocycles. The predicted molar refractivity (Wildman–Crippen MR) is 100.0 cm³/mol. The van der Waals surface area contributed by atoms with Crippen molar-refractivity contribution in [1.29, 1.82) is 0 Å². The summed E-state index contributed by atoms with van der Waals surface area (Å²) in [5.41, 5.74) is 4.50. The normalized spacial score (nSPS) is 11.3. The van der Waals surface area contributed by atoms with Crippen LogP contribution in [0.4, 0.5) is 0 Å². The van der Waals surface area contributed by atoms with Crippen molar-refractivity contribution in [3.63, 3.8) is 0 Å². The van der Waals surface area contributed by atoms with E-state index < -0.39 is 0 Å². The average Bonchev–Trinajstić information content (AvgIpc) is 2.52. The average molecular weight is 351 g/mol. The van der Waals surface area contributed by atoms with Crippen LogP contribution in [-0.2, 0) is 12.5 Å². The third kappa shape index (κ3) is 4.43. The highest BCUT2D eigenvalue weighted by Gasteiger charge is 2.12. The number of hydrogen-bond donors (Lipinski definition) is 0. The fourth-order valence-electron chi connectivity index (χ4n) is 2.56. The van der Waals surface area contributed by atoms with Crippen molar-refractivity contribution in [2.24, 2.45) is 0 Å². The van der Waals surface area contributed by atoms with Gasteiger partial charge in [-0.25, -0.2) is 0 Å². The predicted octanol–water partition coefficient (Wildman–Crippen LogP) is 6.90. The second-order valence-corrected chi connectivity index (χ2v) is 7.08. The topological polar surface area (TPSA) is 9.23 Å². The second-order valence-electron chi connectivity index (χ2n) is 6.41. The van der Waals surface area contributed by atoms with Crippen LogP contribution in [0.3, 0.4) is 0 Å². The summed E-state index contributed by atoms with van der Waals surface area (Å²) in [5, 5.41) is 0.695. The van der Waals surface area contributed by atoms with Crippen LogP contribution in [0.5, 0.6) is 5.75 Å². The molecule has 0 N–H and O–H groups in total. The maximum absolute atomic E-state index is 6.22. The maximum atomic E-state index is 6.22. The molecular formula is C20H24Cl2O. The first-order valence-electron chi connectivity index (χ1n) is 8.02. The number of hydrogen-bond acceptors (Lipinski definition) is 1. The van der Waals surface area contributed by atoms with E-state index in [2.05, 4.69) is 45.9 Å². The Kier molecular flexibility index (Phi) is 6.38. The number of rotatable bonds is 6.